The molecule has 0 aromatic carbocycles. The fraction of sp³-hybridized carbons (Fsp3) is 0.647. The van der Waals surface area contributed by atoms with Crippen LogP contribution in [0.4, 0.5) is 5.82 Å². The Morgan fingerprint density at radius 1 is 1.34 bits per heavy atom. The van der Waals surface area contributed by atoms with Crippen molar-refractivity contribution in [3.8, 4) is 0 Å². The van der Waals surface area contributed by atoms with E-state index in [0.717, 1.165) is 0 Å². The lowest BCUT2D eigenvalue weighted by Crippen LogP contribution is -2.36. The molecule has 15 heteroatoms. The van der Waals surface area contributed by atoms with Crippen LogP contribution in [0, 0.1) is 5.92 Å². The zero-order chi connectivity index (χ0) is 24.0. The molecule has 1 saturated carbocycles. The summed E-state index contributed by atoms with van der Waals surface area (Å²) in [5.41, 5.74) is 5.32. The minimum Gasteiger partial charge on any atom is -0.458 e. The highest BCUT2D eigenvalue weighted by Gasteiger charge is 2.46. The molecule has 0 bridgehead atoms. The molecule has 2 aromatic rings. The van der Waals surface area contributed by atoms with Gasteiger partial charge in [0.2, 0.25) is 5.28 Å². The Morgan fingerprint density at radius 2 is 2.00 bits per heavy atom. The van der Waals surface area contributed by atoms with Crippen molar-refractivity contribution < 1.29 is 38.8 Å². The normalized spacial score (nSPS) is 25.2. The zero-order valence-corrected chi connectivity index (χ0v) is 19.1. The Bertz CT molecular complexity index is 1050. The highest BCUT2D eigenvalue weighted by atomic mass is 35.5. The first-order valence-corrected chi connectivity index (χ1v) is 11.7. The van der Waals surface area contributed by atoms with Gasteiger partial charge in [0.1, 0.15) is 17.2 Å². The summed E-state index contributed by atoms with van der Waals surface area (Å²) >= 11 is 5.86. The first kappa shape index (κ1) is 24.8. The van der Waals surface area contributed by atoms with Crippen LogP contribution in [-0.2, 0) is 18.8 Å². The van der Waals surface area contributed by atoms with Crippen LogP contribution in [0.15, 0.2) is 6.33 Å². The number of ether oxygens (including phenoxy) is 2. The van der Waals surface area contributed by atoms with Crippen LogP contribution < -0.4 is 5.73 Å². The summed E-state index contributed by atoms with van der Waals surface area (Å²) in [6.07, 6.45) is -1.11. The van der Waals surface area contributed by atoms with Crippen molar-refractivity contribution in [2.45, 2.75) is 56.9 Å². The number of anilines is 1. The summed E-state index contributed by atoms with van der Waals surface area (Å²) in [5.74, 6) is -4.10. The Labute approximate surface area is 187 Å². The van der Waals surface area contributed by atoms with Crippen molar-refractivity contribution in [2.24, 2.45) is 5.92 Å². The Balaban J connectivity index is 1.78. The second-order valence-corrected chi connectivity index (χ2v) is 10.5. The summed E-state index contributed by atoms with van der Waals surface area (Å²) in [5, 5.41) is 21.0. The molecule has 0 spiro atoms. The van der Waals surface area contributed by atoms with Gasteiger partial charge in [0.05, 0.1) is 25.1 Å². The first-order chi connectivity index (χ1) is 14.7. The van der Waals surface area contributed by atoms with Gasteiger partial charge in [-0.05, 0) is 38.8 Å². The third kappa shape index (κ3) is 5.20. The molecule has 6 N–H and O–H groups in total. The third-order valence-corrected chi connectivity index (χ3v) is 6.07. The number of hydrogen-bond acceptors (Lipinski definition) is 10. The quantitative estimate of drug-likeness (QED) is 0.208. The summed E-state index contributed by atoms with van der Waals surface area (Å²) in [4.78, 5) is 43.3. The standard InChI is InChI=1S/C17H25ClN5O8P/c1-17(2,3)31-14(26)15(32(27,28)29)30-5-7-4-8(11(25)10(7)24)23-6-20-9-12(19)21-16(18)22-13(9)23/h6-8,10-11,15,24-25H,4-5H2,1-3H3,(H2,19,21,22)(H2,27,28,29)/t7-,8-,10-,11+,15+/m1/s1. The molecule has 0 radical (unpaired) electrons. The van der Waals surface area contributed by atoms with E-state index in [4.69, 9.17) is 26.8 Å². The summed E-state index contributed by atoms with van der Waals surface area (Å²) in [7, 11) is -5.02. The minimum absolute atomic E-state index is 0.0496. The number of nitrogen functional groups attached to an aromatic ring is 1. The molecule has 0 unspecified atom stereocenters. The van der Waals surface area contributed by atoms with E-state index in [1.807, 2.05) is 0 Å². The Kier molecular flexibility index (Phi) is 6.83. The molecule has 13 nitrogen and oxygen atoms in total. The Morgan fingerprint density at radius 3 is 2.59 bits per heavy atom. The maximum absolute atomic E-state index is 12.2. The smallest absolute Gasteiger partial charge is 0.365 e. The van der Waals surface area contributed by atoms with Crippen LogP contribution in [0.25, 0.3) is 11.2 Å². The number of aliphatic hydroxyl groups excluding tert-OH is 2. The molecular formula is C17H25ClN5O8P. The average molecular weight is 494 g/mol. The van der Waals surface area contributed by atoms with E-state index in [9.17, 15) is 29.4 Å². The number of carbonyl (C=O) groups excluding carboxylic acids is 1. The number of carbonyl (C=O) groups is 1. The fourth-order valence-electron chi connectivity index (χ4n) is 3.56. The topological polar surface area (TPSA) is 203 Å². The highest BCUT2D eigenvalue weighted by molar-refractivity contribution is 7.53. The van der Waals surface area contributed by atoms with E-state index in [1.54, 1.807) is 20.8 Å². The molecule has 0 aliphatic heterocycles. The monoisotopic (exact) mass is 493 g/mol. The largest absolute Gasteiger partial charge is 0.458 e. The molecule has 1 fully saturated rings. The van der Waals surface area contributed by atoms with Gasteiger partial charge in [-0.25, -0.2) is 9.78 Å². The molecule has 3 rings (SSSR count). The van der Waals surface area contributed by atoms with Gasteiger partial charge in [0, 0.05) is 5.92 Å². The van der Waals surface area contributed by atoms with Crippen LogP contribution in [0.1, 0.15) is 33.2 Å². The van der Waals surface area contributed by atoms with Crippen LogP contribution in [0.5, 0.6) is 0 Å². The molecular weight excluding hydrogens is 469 g/mol. The number of esters is 1. The number of hydrogen-bond donors (Lipinski definition) is 5. The molecule has 32 heavy (non-hydrogen) atoms. The molecule has 2 aromatic heterocycles. The van der Waals surface area contributed by atoms with Gasteiger partial charge in [-0.2, -0.15) is 9.97 Å². The predicted octanol–water partition coefficient (Wildman–Crippen LogP) is 0.207. The van der Waals surface area contributed by atoms with Crippen LogP contribution in [0.2, 0.25) is 5.28 Å². The molecule has 178 valence electrons. The lowest BCUT2D eigenvalue weighted by Gasteiger charge is -2.25. The zero-order valence-electron chi connectivity index (χ0n) is 17.5. The molecule has 1 aliphatic rings. The van der Waals surface area contributed by atoms with E-state index in [0.29, 0.717) is 0 Å². The highest BCUT2D eigenvalue weighted by Crippen LogP contribution is 2.44. The van der Waals surface area contributed by atoms with Crippen molar-refractivity contribution >= 4 is 42.1 Å². The SMILES string of the molecule is CC(C)(C)OC(=O)[C@@H](OC[C@H]1C[C@@H](n2cnc3c(N)nc(Cl)nc32)[C@H](O)[C@@H]1O)P(=O)(O)O. The predicted molar refractivity (Wildman–Crippen MR) is 112 cm³/mol. The maximum atomic E-state index is 12.2. The number of fused-ring (bicyclic) bond motifs is 1. The van der Waals surface area contributed by atoms with Gasteiger partial charge in [-0.15, -0.1) is 0 Å². The number of imidazole rings is 1. The van der Waals surface area contributed by atoms with E-state index in [1.165, 1.54) is 10.9 Å². The average Bonchev–Trinajstić information content (AvgIpc) is 3.15. The number of nitrogens with two attached hydrogens (primary N) is 1. The second kappa shape index (κ2) is 8.82. The number of aliphatic hydroxyl groups is 2. The third-order valence-electron chi connectivity index (χ3n) is 4.93. The summed E-state index contributed by atoms with van der Waals surface area (Å²) < 4.78 is 23.5. The number of halogens is 1. The second-order valence-electron chi connectivity index (χ2n) is 8.55. The molecule has 0 saturated heterocycles. The van der Waals surface area contributed by atoms with Crippen LogP contribution >= 0.6 is 19.2 Å². The lowest BCUT2D eigenvalue weighted by molar-refractivity contribution is -0.165. The summed E-state index contributed by atoms with van der Waals surface area (Å²) in [6, 6.07) is -0.719. The minimum atomic E-state index is -5.02. The van der Waals surface area contributed by atoms with Gasteiger partial charge in [-0.3, -0.25) is 4.57 Å². The van der Waals surface area contributed by atoms with Gasteiger partial charge >= 0.3 is 13.6 Å². The lowest BCUT2D eigenvalue weighted by atomic mass is 10.1. The van der Waals surface area contributed by atoms with Crippen molar-refractivity contribution in [1.82, 2.24) is 19.5 Å². The van der Waals surface area contributed by atoms with E-state index in [2.05, 4.69) is 15.0 Å². The van der Waals surface area contributed by atoms with Crippen molar-refractivity contribution in [3.63, 3.8) is 0 Å². The van der Waals surface area contributed by atoms with Crippen molar-refractivity contribution in [3.05, 3.63) is 11.6 Å². The maximum Gasteiger partial charge on any atom is 0.365 e. The number of rotatable bonds is 6. The number of nitrogens with zero attached hydrogens (tertiary/aromatic N) is 4. The van der Waals surface area contributed by atoms with Gasteiger partial charge < -0.3 is 39.8 Å². The van der Waals surface area contributed by atoms with Crippen LogP contribution in [0.3, 0.4) is 0 Å². The molecule has 5 atom stereocenters. The van der Waals surface area contributed by atoms with E-state index >= 15 is 0 Å². The van der Waals surface area contributed by atoms with Crippen molar-refractivity contribution in [1.29, 1.82) is 0 Å². The van der Waals surface area contributed by atoms with E-state index < -0.39 is 55.8 Å². The first-order valence-electron chi connectivity index (χ1n) is 9.60. The fourth-order valence-corrected chi connectivity index (χ4v) is 4.34. The van der Waals surface area contributed by atoms with Gasteiger partial charge in [0.25, 0.3) is 5.85 Å². The molecule has 2 heterocycles. The van der Waals surface area contributed by atoms with Gasteiger partial charge in [0.15, 0.2) is 11.5 Å². The molecule has 0 amide bonds. The molecule has 1 aliphatic carbocycles. The number of aromatic nitrogens is 4. The van der Waals surface area contributed by atoms with Crippen LogP contribution in [-0.4, -0.2) is 75.7 Å². The summed E-state index contributed by atoms with van der Waals surface area (Å²) in [6.45, 7) is 4.21. The van der Waals surface area contributed by atoms with Crippen molar-refractivity contribution in [2.75, 3.05) is 12.3 Å². The van der Waals surface area contributed by atoms with E-state index in [-0.39, 0.29) is 28.7 Å². The van der Waals surface area contributed by atoms with Gasteiger partial charge in [-0.1, -0.05) is 0 Å². The Hall–Kier alpha value is -1.86.